The van der Waals surface area contributed by atoms with Crippen LogP contribution in [0.5, 0.6) is 0 Å². The molecule has 0 bridgehead atoms. The third-order valence-corrected chi connectivity index (χ3v) is 5.53. The number of benzene rings is 1. The third kappa shape index (κ3) is 3.04. The fourth-order valence-electron chi connectivity index (χ4n) is 3.32. The van der Waals surface area contributed by atoms with E-state index in [0.717, 1.165) is 23.5 Å². The number of alkyl halides is 6. The normalized spacial score (nSPS) is 15.7. The van der Waals surface area contributed by atoms with Gasteiger partial charge >= 0.3 is 18.0 Å². The third-order valence-electron chi connectivity index (χ3n) is 4.66. The predicted octanol–water partition coefficient (Wildman–Crippen LogP) is 3.92. The standard InChI is InChI=1S/C18H9F7N4O2S/c19-8-4-1-2-5-9(8)29-13-11(14(30)27-15(29)31)16(17(20,21)22,18(23,24)25)28-12(26-13)10-6-3-7-32-10/h1-7H,(H,26,28)(H,27,30,31). The van der Waals surface area contributed by atoms with Gasteiger partial charge in [0.25, 0.3) is 11.1 Å². The van der Waals surface area contributed by atoms with Crippen molar-refractivity contribution in [2.24, 2.45) is 4.99 Å². The van der Waals surface area contributed by atoms with E-state index < -0.39 is 57.9 Å². The lowest BCUT2D eigenvalue weighted by atomic mass is 9.88. The molecule has 0 spiro atoms. The van der Waals surface area contributed by atoms with Crippen LogP contribution in [0.25, 0.3) is 5.69 Å². The number of hydrogen-bond acceptors (Lipinski definition) is 5. The van der Waals surface area contributed by atoms with Crippen LogP contribution in [0.3, 0.4) is 0 Å². The van der Waals surface area contributed by atoms with Crippen LogP contribution in [-0.2, 0) is 5.54 Å². The maximum Gasteiger partial charge on any atom is 0.427 e. The topological polar surface area (TPSA) is 79.2 Å². The van der Waals surface area contributed by atoms with E-state index >= 15 is 0 Å². The summed E-state index contributed by atoms with van der Waals surface area (Å²) >= 11 is 0.764. The molecule has 2 aromatic heterocycles. The van der Waals surface area contributed by atoms with Gasteiger partial charge in [-0.15, -0.1) is 11.3 Å². The minimum Gasteiger partial charge on any atom is -0.325 e. The molecule has 0 amide bonds. The monoisotopic (exact) mass is 478 g/mol. The van der Waals surface area contributed by atoms with Crippen LogP contribution >= 0.6 is 11.3 Å². The first-order valence-electron chi connectivity index (χ1n) is 8.57. The zero-order chi connectivity index (χ0) is 23.5. The van der Waals surface area contributed by atoms with Crippen molar-refractivity contribution in [2.75, 3.05) is 5.32 Å². The summed E-state index contributed by atoms with van der Waals surface area (Å²) in [5.41, 5.74) is -11.0. The molecule has 6 nitrogen and oxygen atoms in total. The van der Waals surface area contributed by atoms with Crippen molar-refractivity contribution < 1.29 is 30.7 Å². The first-order valence-corrected chi connectivity index (χ1v) is 9.45. The van der Waals surface area contributed by atoms with Crippen LogP contribution in [0.4, 0.5) is 36.6 Å². The van der Waals surface area contributed by atoms with E-state index in [1.54, 1.807) is 0 Å². The van der Waals surface area contributed by atoms with Crippen molar-refractivity contribution in [3.8, 4) is 5.69 Å². The molecule has 0 saturated carbocycles. The predicted molar refractivity (Wildman–Crippen MR) is 101 cm³/mol. The number of halogens is 7. The van der Waals surface area contributed by atoms with Crippen LogP contribution < -0.4 is 16.6 Å². The number of para-hydroxylation sites is 1. The van der Waals surface area contributed by atoms with E-state index in [1.165, 1.54) is 34.6 Å². The maximum atomic E-state index is 14.4. The van der Waals surface area contributed by atoms with Crippen LogP contribution in [-0.4, -0.2) is 27.7 Å². The second-order valence-electron chi connectivity index (χ2n) is 6.54. The Hall–Kier alpha value is -3.42. The van der Waals surface area contributed by atoms with Gasteiger partial charge in [-0.1, -0.05) is 18.2 Å². The highest BCUT2D eigenvalue weighted by Crippen LogP contribution is 2.55. The van der Waals surface area contributed by atoms with Crippen molar-refractivity contribution in [3.63, 3.8) is 0 Å². The van der Waals surface area contributed by atoms with E-state index in [4.69, 9.17) is 0 Å². The molecule has 4 rings (SSSR count). The molecule has 0 radical (unpaired) electrons. The molecule has 1 aliphatic heterocycles. The fourth-order valence-corrected chi connectivity index (χ4v) is 3.99. The Kier molecular flexibility index (Phi) is 4.80. The van der Waals surface area contributed by atoms with Gasteiger partial charge in [0.05, 0.1) is 10.6 Å². The number of anilines is 1. The number of H-pyrrole nitrogens is 1. The van der Waals surface area contributed by atoms with Crippen molar-refractivity contribution in [2.45, 2.75) is 17.9 Å². The van der Waals surface area contributed by atoms with Gasteiger partial charge in [-0.25, -0.2) is 18.7 Å². The summed E-state index contributed by atoms with van der Waals surface area (Å²) in [5, 5.41) is 3.59. The van der Waals surface area contributed by atoms with Gasteiger partial charge in [0, 0.05) is 0 Å². The summed E-state index contributed by atoms with van der Waals surface area (Å²) in [6.07, 6.45) is -12.3. The van der Waals surface area contributed by atoms with Gasteiger partial charge in [-0.05, 0) is 23.6 Å². The number of amidine groups is 1. The molecule has 2 N–H and O–H groups in total. The van der Waals surface area contributed by atoms with Crippen LogP contribution in [0.2, 0.25) is 0 Å². The number of hydrogen-bond donors (Lipinski definition) is 2. The number of aliphatic imine (C=N–C) groups is 1. The Balaban J connectivity index is 2.21. The summed E-state index contributed by atoms with van der Waals surface area (Å²) in [6.45, 7) is 0. The van der Waals surface area contributed by atoms with Gasteiger partial charge in [0.2, 0.25) is 0 Å². The van der Waals surface area contributed by atoms with Crippen LogP contribution in [0, 0.1) is 5.82 Å². The van der Waals surface area contributed by atoms with Gasteiger partial charge in [-0.2, -0.15) is 26.3 Å². The summed E-state index contributed by atoms with van der Waals surface area (Å²) in [4.78, 5) is 29.1. The Morgan fingerprint density at radius 3 is 2.19 bits per heavy atom. The Morgan fingerprint density at radius 2 is 1.62 bits per heavy atom. The number of nitrogens with zero attached hydrogens (tertiary/aromatic N) is 2. The lowest BCUT2D eigenvalue weighted by Gasteiger charge is -2.38. The maximum absolute atomic E-state index is 14.4. The summed E-state index contributed by atoms with van der Waals surface area (Å²) in [6, 6.07) is 6.75. The van der Waals surface area contributed by atoms with Crippen molar-refractivity contribution in [3.05, 3.63) is 78.9 Å². The second kappa shape index (κ2) is 7.05. The first kappa shape index (κ1) is 21.8. The number of aromatic amines is 1. The molecule has 14 heteroatoms. The largest absolute Gasteiger partial charge is 0.427 e. The molecule has 3 aromatic rings. The summed E-state index contributed by atoms with van der Waals surface area (Å²) in [7, 11) is 0. The van der Waals surface area contributed by atoms with Gasteiger partial charge in [0.15, 0.2) is 0 Å². The van der Waals surface area contributed by atoms with Crippen LogP contribution in [0.15, 0.2) is 56.4 Å². The number of nitrogens with one attached hydrogen (secondary N) is 2. The van der Waals surface area contributed by atoms with Gasteiger partial charge in [0.1, 0.15) is 23.0 Å². The lowest BCUT2D eigenvalue weighted by Crippen LogP contribution is -2.59. The molecule has 3 heterocycles. The molecule has 32 heavy (non-hydrogen) atoms. The van der Waals surface area contributed by atoms with E-state index in [2.05, 4.69) is 10.3 Å². The summed E-state index contributed by atoms with van der Waals surface area (Å²) < 4.78 is 99.3. The van der Waals surface area contributed by atoms with Gasteiger partial charge < -0.3 is 5.32 Å². The zero-order valence-corrected chi connectivity index (χ0v) is 16.1. The molecule has 0 atom stereocenters. The molecular weight excluding hydrogens is 469 g/mol. The summed E-state index contributed by atoms with van der Waals surface area (Å²) in [5.74, 6) is -3.22. The minimum atomic E-state index is -6.14. The van der Waals surface area contributed by atoms with E-state index in [1.807, 2.05) is 0 Å². The Labute approximate surface area is 176 Å². The van der Waals surface area contributed by atoms with E-state index in [9.17, 15) is 40.3 Å². The zero-order valence-electron chi connectivity index (χ0n) is 15.3. The lowest BCUT2D eigenvalue weighted by molar-refractivity contribution is -0.301. The molecule has 1 aromatic carbocycles. The molecular formula is C18H9F7N4O2S. The number of fused-ring (bicyclic) bond motifs is 1. The minimum absolute atomic E-state index is 0.138. The highest BCUT2D eigenvalue weighted by atomic mass is 32.1. The molecule has 0 saturated heterocycles. The highest BCUT2D eigenvalue weighted by molar-refractivity contribution is 7.12. The van der Waals surface area contributed by atoms with Gasteiger partial charge in [-0.3, -0.25) is 9.78 Å². The fraction of sp³-hybridized carbons (Fsp3) is 0.167. The quantitative estimate of drug-likeness (QED) is 0.549. The van der Waals surface area contributed by atoms with E-state index in [-0.39, 0.29) is 9.44 Å². The molecule has 0 unspecified atom stereocenters. The molecule has 1 aliphatic rings. The number of rotatable bonds is 2. The average molecular weight is 478 g/mol. The average Bonchev–Trinajstić information content (AvgIpc) is 3.21. The van der Waals surface area contributed by atoms with E-state index in [0.29, 0.717) is 0 Å². The number of aromatic nitrogens is 2. The molecule has 168 valence electrons. The Bertz CT molecular complexity index is 1320. The Morgan fingerprint density at radius 1 is 0.969 bits per heavy atom. The first-order chi connectivity index (χ1) is 14.9. The molecule has 0 aliphatic carbocycles. The number of thiophene rings is 1. The van der Waals surface area contributed by atoms with Crippen LogP contribution in [0.1, 0.15) is 10.4 Å². The van der Waals surface area contributed by atoms with Crippen molar-refractivity contribution in [1.82, 2.24) is 9.55 Å². The highest BCUT2D eigenvalue weighted by Gasteiger charge is 2.75. The smallest absolute Gasteiger partial charge is 0.325 e. The SMILES string of the molecule is O=c1[nH]c(=O)n(-c2ccccc2F)c2c1C(C(F)(F)F)(C(F)(F)F)N=C(c1cccs1)N2. The molecule has 0 fully saturated rings. The van der Waals surface area contributed by atoms with Crippen molar-refractivity contribution in [1.29, 1.82) is 0 Å². The van der Waals surface area contributed by atoms with Crippen molar-refractivity contribution >= 4 is 23.0 Å². The second-order valence-corrected chi connectivity index (χ2v) is 7.49.